The zero-order chi connectivity index (χ0) is 25.3. The fourth-order valence-electron chi connectivity index (χ4n) is 3.85. The number of aromatic nitrogens is 2. The highest BCUT2D eigenvalue weighted by Gasteiger charge is 2.18. The van der Waals surface area contributed by atoms with Crippen LogP contribution in [0.25, 0.3) is 0 Å². The largest absolute Gasteiger partial charge is 0.383 e. The summed E-state index contributed by atoms with van der Waals surface area (Å²) in [6.45, 7) is 4.38. The number of benzene rings is 2. The van der Waals surface area contributed by atoms with Crippen molar-refractivity contribution < 1.29 is 14.3 Å². The molecule has 1 amide bonds. The summed E-state index contributed by atoms with van der Waals surface area (Å²) in [5.41, 5.74) is 3.31. The van der Waals surface area contributed by atoms with Gasteiger partial charge in [0.25, 0.3) is 5.91 Å². The Bertz CT molecular complexity index is 1170. The zero-order valence-corrected chi connectivity index (χ0v) is 21.3. The predicted molar refractivity (Wildman–Crippen MR) is 142 cm³/mol. The molecule has 0 atom stereocenters. The van der Waals surface area contributed by atoms with E-state index in [0.717, 1.165) is 30.0 Å². The minimum absolute atomic E-state index is 0.0805. The van der Waals surface area contributed by atoms with Crippen molar-refractivity contribution in [3.63, 3.8) is 0 Å². The predicted octanol–water partition coefficient (Wildman–Crippen LogP) is 4.04. The number of carbonyl (C=O) groups is 1. The number of carbonyl (C=O) groups excluding carboxylic acids is 1. The third-order valence-electron chi connectivity index (χ3n) is 5.79. The van der Waals surface area contributed by atoms with Crippen LogP contribution >= 0.6 is 11.6 Å². The van der Waals surface area contributed by atoms with E-state index < -0.39 is 0 Å². The van der Waals surface area contributed by atoms with Gasteiger partial charge in [-0.05, 0) is 42.0 Å². The average Bonchev–Trinajstić information content (AvgIpc) is 2.90. The zero-order valence-electron chi connectivity index (χ0n) is 20.5. The smallest absolute Gasteiger partial charge is 0.253 e. The highest BCUT2D eigenvalue weighted by Crippen LogP contribution is 2.26. The van der Waals surface area contributed by atoms with Crippen molar-refractivity contribution in [3.05, 3.63) is 70.9 Å². The number of amides is 1. The Morgan fingerprint density at radius 3 is 2.81 bits per heavy atom. The second kappa shape index (κ2) is 12.5. The van der Waals surface area contributed by atoms with E-state index in [2.05, 4.69) is 25.5 Å². The molecule has 1 aromatic heterocycles. The number of hydrogen-bond acceptors (Lipinski definition) is 8. The SMILES string of the molecule is COCCN(C)C(=O)c1cc(Nc2nccc(NCc3cccc(Cl)c3)n2)cc(N2CCOCC2)c1. The van der Waals surface area contributed by atoms with E-state index in [1.807, 2.05) is 42.5 Å². The third-order valence-corrected chi connectivity index (χ3v) is 6.03. The second-order valence-corrected chi connectivity index (χ2v) is 8.90. The number of hydrogen-bond donors (Lipinski definition) is 2. The number of anilines is 4. The molecule has 9 nitrogen and oxygen atoms in total. The first-order valence-corrected chi connectivity index (χ1v) is 12.2. The lowest BCUT2D eigenvalue weighted by Crippen LogP contribution is -2.36. The highest BCUT2D eigenvalue weighted by molar-refractivity contribution is 6.30. The molecule has 10 heteroatoms. The quantitative estimate of drug-likeness (QED) is 0.422. The fourth-order valence-corrected chi connectivity index (χ4v) is 4.06. The summed E-state index contributed by atoms with van der Waals surface area (Å²) in [6, 6.07) is 15.2. The third kappa shape index (κ3) is 7.07. The van der Waals surface area contributed by atoms with Crippen LogP contribution in [0.1, 0.15) is 15.9 Å². The van der Waals surface area contributed by atoms with Crippen molar-refractivity contribution in [1.82, 2.24) is 14.9 Å². The molecule has 0 unspecified atom stereocenters. The van der Waals surface area contributed by atoms with Crippen LogP contribution in [0.15, 0.2) is 54.7 Å². The topological polar surface area (TPSA) is 91.8 Å². The standard InChI is InChI=1S/C26H31ClN6O3/c1-32(8-11-35-2)25(34)20-15-22(17-23(16-20)33-9-12-36-13-10-33)30-26-28-7-6-24(31-26)29-18-19-4-3-5-21(27)14-19/h3-7,14-17H,8-13,18H2,1-2H3,(H2,28,29,30,31). The Hall–Kier alpha value is -3.40. The van der Waals surface area contributed by atoms with Crippen molar-refractivity contribution in [2.45, 2.75) is 6.54 Å². The number of morpholine rings is 1. The molecule has 0 spiro atoms. The Morgan fingerprint density at radius 2 is 2.03 bits per heavy atom. The summed E-state index contributed by atoms with van der Waals surface area (Å²) >= 11 is 6.08. The highest BCUT2D eigenvalue weighted by atomic mass is 35.5. The van der Waals surface area contributed by atoms with Crippen LogP contribution in [-0.4, -0.2) is 74.4 Å². The van der Waals surface area contributed by atoms with Gasteiger partial charge in [0.2, 0.25) is 5.95 Å². The molecular formula is C26H31ClN6O3. The molecular weight excluding hydrogens is 480 g/mol. The molecule has 1 aliphatic heterocycles. The van der Waals surface area contributed by atoms with Crippen LogP contribution in [0.3, 0.4) is 0 Å². The number of nitrogens with one attached hydrogen (secondary N) is 2. The minimum atomic E-state index is -0.0805. The van der Waals surface area contributed by atoms with Gasteiger partial charge < -0.3 is 29.9 Å². The first-order valence-electron chi connectivity index (χ1n) is 11.8. The van der Waals surface area contributed by atoms with Gasteiger partial charge in [-0.25, -0.2) is 4.98 Å². The van der Waals surface area contributed by atoms with Crippen molar-refractivity contribution >= 4 is 40.6 Å². The summed E-state index contributed by atoms with van der Waals surface area (Å²) in [4.78, 5) is 26.0. The Kier molecular flexibility index (Phi) is 8.94. The lowest BCUT2D eigenvalue weighted by atomic mass is 10.1. The summed E-state index contributed by atoms with van der Waals surface area (Å²) < 4.78 is 10.6. The molecule has 1 aliphatic rings. The normalized spacial score (nSPS) is 13.4. The lowest BCUT2D eigenvalue weighted by Gasteiger charge is -2.30. The Labute approximate surface area is 216 Å². The van der Waals surface area contributed by atoms with E-state index in [-0.39, 0.29) is 5.91 Å². The number of nitrogens with zero attached hydrogens (tertiary/aromatic N) is 4. The Balaban J connectivity index is 1.53. The van der Waals surface area contributed by atoms with E-state index in [4.69, 9.17) is 21.1 Å². The maximum absolute atomic E-state index is 13.1. The van der Waals surface area contributed by atoms with Crippen LogP contribution in [-0.2, 0) is 16.0 Å². The number of methoxy groups -OCH3 is 1. The van der Waals surface area contributed by atoms with Crippen molar-refractivity contribution in [3.8, 4) is 0 Å². The molecule has 3 aromatic rings. The molecule has 36 heavy (non-hydrogen) atoms. The lowest BCUT2D eigenvalue weighted by molar-refractivity contribution is 0.0744. The molecule has 2 heterocycles. The van der Waals surface area contributed by atoms with E-state index in [0.29, 0.717) is 55.3 Å². The van der Waals surface area contributed by atoms with Gasteiger partial charge in [0, 0.05) is 68.5 Å². The second-order valence-electron chi connectivity index (χ2n) is 8.46. The van der Waals surface area contributed by atoms with Gasteiger partial charge in [0.1, 0.15) is 5.82 Å². The molecule has 2 aromatic carbocycles. The molecule has 0 aliphatic carbocycles. The monoisotopic (exact) mass is 510 g/mol. The molecule has 1 saturated heterocycles. The van der Waals surface area contributed by atoms with Crippen LogP contribution < -0.4 is 15.5 Å². The minimum Gasteiger partial charge on any atom is -0.383 e. The number of halogens is 1. The van der Waals surface area contributed by atoms with Crippen molar-refractivity contribution in [1.29, 1.82) is 0 Å². The van der Waals surface area contributed by atoms with Crippen LogP contribution in [0, 0.1) is 0 Å². The van der Waals surface area contributed by atoms with Gasteiger partial charge in [-0.15, -0.1) is 0 Å². The molecule has 0 bridgehead atoms. The summed E-state index contributed by atoms with van der Waals surface area (Å²) in [5.74, 6) is 1.02. The summed E-state index contributed by atoms with van der Waals surface area (Å²) in [7, 11) is 3.39. The van der Waals surface area contributed by atoms with Crippen molar-refractivity contribution in [2.75, 3.05) is 69.1 Å². The van der Waals surface area contributed by atoms with Gasteiger partial charge in [0.05, 0.1) is 19.8 Å². The first kappa shape index (κ1) is 25.7. The maximum Gasteiger partial charge on any atom is 0.253 e. The number of likely N-dealkylation sites (N-methyl/N-ethyl adjacent to an activating group) is 1. The van der Waals surface area contributed by atoms with Gasteiger partial charge in [-0.2, -0.15) is 4.98 Å². The average molecular weight is 511 g/mol. The van der Waals surface area contributed by atoms with E-state index in [9.17, 15) is 4.79 Å². The van der Waals surface area contributed by atoms with E-state index in [1.165, 1.54) is 0 Å². The van der Waals surface area contributed by atoms with Gasteiger partial charge in [0.15, 0.2) is 0 Å². The molecule has 1 fully saturated rings. The molecule has 0 saturated carbocycles. The van der Waals surface area contributed by atoms with E-state index >= 15 is 0 Å². The van der Waals surface area contributed by atoms with E-state index in [1.54, 1.807) is 31.3 Å². The van der Waals surface area contributed by atoms with Crippen LogP contribution in [0.4, 0.5) is 23.1 Å². The first-order chi connectivity index (χ1) is 17.5. The number of rotatable bonds is 10. The Morgan fingerprint density at radius 1 is 1.19 bits per heavy atom. The van der Waals surface area contributed by atoms with Gasteiger partial charge >= 0.3 is 0 Å². The molecule has 2 N–H and O–H groups in total. The van der Waals surface area contributed by atoms with Crippen LogP contribution in [0.5, 0.6) is 0 Å². The summed E-state index contributed by atoms with van der Waals surface area (Å²) in [5, 5.41) is 7.26. The molecule has 190 valence electrons. The molecule has 0 radical (unpaired) electrons. The van der Waals surface area contributed by atoms with Crippen molar-refractivity contribution in [2.24, 2.45) is 0 Å². The number of ether oxygens (including phenoxy) is 2. The fraction of sp³-hybridized carbons (Fsp3) is 0.346. The summed E-state index contributed by atoms with van der Waals surface area (Å²) in [6.07, 6.45) is 1.69. The maximum atomic E-state index is 13.1. The van der Waals surface area contributed by atoms with Crippen LogP contribution in [0.2, 0.25) is 5.02 Å². The molecule has 4 rings (SSSR count). The van der Waals surface area contributed by atoms with Gasteiger partial charge in [-0.3, -0.25) is 4.79 Å². The van der Waals surface area contributed by atoms with Gasteiger partial charge in [-0.1, -0.05) is 23.7 Å².